The zero-order valence-electron chi connectivity index (χ0n) is 15.7. The number of likely N-dealkylation sites (N-methyl/N-ethyl adjacent to an activating group) is 1. The minimum absolute atomic E-state index is 0. The Kier molecular flexibility index (Phi) is 8.62. The van der Waals surface area contributed by atoms with Gasteiger partial charge in [-0.15, -0.1) is 35.3 Å². The van der Waals surface area contributed by atoms with Crippen LogP contribution in [0.25, 0.3) is 0 Å². The molecule has 0 bridgehead atoms. The maximum atomic E-state index is 11.9. The van der Waals surface area contributed by atoms with Gasteiger partial charge in [0.2, 0.25) is 5.91 Å². The average Bonchev–Trinajstić information content (AvgIpc) is 3.35. The Bertz CT molecular complexity index is 586. The van der Waals surface area contributed by atoms with Crippen LogP contribution in [0.4, 0.5) is 0 Å². The van der Waals surface area contributed by atoms with Crippen LogP contribution in [0, 0.1) is 0 Å². The molecule has 2 saturated heterocycles. The number of aliphatic imine (C=N–C) groups is 1. The summed E-state index contributed by atoms with van der Waals surface area (Å²) in [6.45, 7) is 5.43. The van der Waals surface area contributed by atoms with Crippen LogP contribution in [0.15, 0.2) is 22.5 Å². The summed E-state index contributed by atoms with van der Waals surface area (Å²) >= 11 is 1.74. The van der Waals surface area contributed by atoms with Crippen LogP contribution < -0.4 is 5.32 Å². The van der Waals surface area contributed by atoms with E-state index in [1.54, 1.807) is 30.3 Å². The summed E-state index contributed by atoms with van der Waals surface area (Å²) in [4.78, 5) is 24.4. The Morgan fingerprint density at radius 2 is 2.12 bits per heavy atom. The molecule has 0 aromatic carbocycles. The summed E-state index contributed by atoms with van der Waals surface area (Å²) in [5, 5.41) is 5.55. The van der Waals surface area contributed by atoms with Gasteiger partial charge in [-0.25, -0.2) is 4.99 Å². The van der Waals surface area contributed by atoms with Gasteiger partial charge in [-0.3, -0.25) is 9.69 Å². The van der Waals surface area contributed by atoms with Gasteiger partial charge in [0.05, 0.1) is 6.54 Å². The summed E-state index contributed by atoms with van der Waals surface area (Å²) in [5.41, 5.74) is 0. The Hall–Kier alpha value is -0.870. The van der Waals surface area contributed by atoms with Gasteiger partial charge >= 0.3 is 0 Å². The van der Waals surface area contributed by atoms with Crippen molar-refractivity contribution in [1.29, 1.82) is 0 Å². The van der Waals surface area contributed by atoms with E-state index >= 15 is 0 Å². The fourth-order valence-corrected chi connectivity index (χ4v) is 4.11. The molecule has 0 radical (unpaired) electrons. The van der Waals surface area contributed by atoms with E-state index in [-0.39, 0.29) is 36.4 Å². The van der Waals surface area contributed by atoms with Crippen LogP contribution in [0.2, 0.25) is 0 Å². The lowest BCUT2D eigenvalue weighted by atomic mass is 10.2. The van der Waals surface area contributed by atoms with Gasteiger partial charge in [0.15, 0.2) is 5.96 Å². The molecule has 0 saturated carbocycles. The number of nitrogens with zero attached hydrogens (tertiary/aromatic N) is 4. The molecular weight excluding hydrogens is 461 g/mol. The Morgan fingerprint density at radius 1 is 1.35 bits per heavy atom. The first-order valence-corrected chi connectivity index (χ1v) is 10.0. The minimum Gasteiger partial charge on any atom is -0.351 e. The molecule has 1 aromatic heterocycles. The predicted molar refractivity (Wildman–Crippen MR) is 118 cm³/mol. The number of amides is 1. The standard InChI is InChI=1S/C18H29N5OS.HI/c1-21(2)17(24)13-20-18(19-12-16-6-5-11-25-16)23-10-7-15(14-23)22-8-3-4-9-22;/h5-6,11,15H,3-4,7-10,12-14H2,1-2H3,(H,19,20);1H. The summed E-state index contributed by atoms with van der Waals surface area (Å²) in [5.74, 6) is 0.899. The van der Waals surface area contributed by atoms with E-state index in [2.05, 4.69) is 37.6 Å². The summed E-state index contributed by atoms with van der Waals surface area (Å²) < 4.78 is 0. The topological polar surface area (TPSA) is 51.2 Å². The largest absolute Gasteiger partial charge is 0.351 e. The van der Waals surface area contributed by atoms with Gasteiger partial charge in [0.25, 0.3) is 0 Å². The fourth-order valence-electron chi connectivity index (χ4n) is 3.47. The molecule has 0 spiro atoms. The lowest BCUT2D eigenvalue weighted by molar-refractivity contribution is -0.127. The molecule has 146 valence electrons. The van der Waals surface area contributed by atoms with E-state index < -0.39 is 0 Å². The molecule has 3 rings (SSSR count). The van der Waals surface area contributed by atoms with E-state index in [9.17, 15) is 4.79 Å². The van der Waals surface area contributed by atoms with Crippen molar-refractivity contribution in [3.8, 4) is 0 Å². The first-order chi connectivity index (χ1) is 12.1. The Labute approximate surface area is 177 Å². The lowest BCUT2D eigenvalue weighted by Gasteiger charge is -2.25. The van der Waals surface area contributed by atoms with Gasteiger partial charge in [-0.2, -0.15) is 0 Å². The van der Waals surface area contributed by atoms with Crippen molar-refractivity contribution >= 4 is 47.2 Å². The van der Waals surface area contributed by atoms with Crippen LogP contribution in [0.3, 0.4) is 0 Å². The molecule has 2 fully saturated rings. The van der Waals surface area contributed by atoms with Gasteiger partial charge in [-0.05, 0) is 43.8 Å². The highest BCUT2D eigenvalue weighted by Gasteiger charge is 2.30. The molecule has 1 amide bonds. The number of hydrogen-bond acceptors (Lipinski definition) is 4. The monoisotopic (exact) mass is 491 g/mol. The van der Waals surface area contributed by atoms with E-state index in [1.165, 1.54) is 37.2 Å². The minimum atomic E-state index is 0. The Morgan fingerprint density at radius 3 is 2.77 bits per heavy atom. The maximum absolute atomic E-state index is 11.9. The SMILES string of the molecule is CN(C)C(=O)CN=C(NCc1cccs1)N1CCC(N2CCCC2)C1.I. The number of hydrogen-bond donors (Lipinski definition) is 1. The number of carbonyl (C=O) groups is 1. The molecule has 0 aliphatic carbocycles. The average molecular weight is 491 g/mol. The van der Waals surface area contributed by atoms with Gasteiger partial charge < -0.3 is 15.1 Å². The highest BCUT2D eigenvalue weighted by Crippen LogP contribution is 2.20. The van der Waals surface area contributed by atoms with E-state index in [0.29, 0.717) is 6.04 Å². The highest BCUT2D eigenvalue weighted by molar-refractivity contribution is 14.0. The zero-order valence-corrected chi connectivity index (χ0v) is 18.8. The second-order valence-corrected chi connectivity index (χ2v) is 8.02. The summed E-state index contributed by atoms with van der Waals surface area (Å²) in [6, 6.07) is 4.81. The molecule has 1 aromatic rings. The number of nitrogens with one attached hydrogen (secondary N) is 1. The summed E-state index contributed by atoms with van der Waals surface area (Å²) in [6.07, 6.45) is 3.83. The lowest BCUT2D eigenvalue weighted by Crippen LogP contribution is -2.43. The number of guanidine groups is 1. The van der Waals surface area contributed by atoms with Crippen molar-refractivity contribution in [1.82, 2.24) is 20.0 Å². The second-order valence-electron chi connectivity index (χ2n) is 6.99. The van der Waals surface area contributed by atoms with E-state index in [1.807, 2.05) is 0 Å². The van der Waals surface area contributed by atoms with Crippen molar-refractivity contribution in [2.75, 3.05) is 46.8 Å². The van der Waals surface area contributed by atoms with Gasteiger partial charge in [0.1, 0.15) is 6.54 Å². The molecule has 3 heterocycles. The second kappa shape index (κ2) is 10.5. The van der Waals surface area contributed by atoms with Crippen molar-refractivity contribution < 1.29 is 4.79 Å². The molecule has 1 N–H and O–H groups in total. The molecule has 2 aliphatic heterocycles. The number of likely N-dealkylation sites (tertiary alicyclic amines) is 2. The van der Waals surface area contributed by atoms with Crippen LogP contribution in [0.5, 0.6) is 0 Å². The highest BCUT2D eigenvalue weighted by atomic mass is 127. The number of carbonyl (C=O) groups excluding carboxylic acids is 1. The van der Waals surface area contributed by atoms with Gasteiger partial charge in [-0.1, -0.05) is 6.07 Å². The maximum Gasteiger partial charge on any atom is 0.243 e. The van der Waals surface area contributed by atoms with Crippen molar-refractivity contribution in [2.24, 2.45) is 4.99 Å². The molecule has 1 unspecified atom stereocenters. The van der Waals surface area contributed by atoms with Crippen LogP contribution in [-0.2, 0) is 11.3 Å². The fraction of sp³-hybridized carbons (Fsp3) is 0.667. The normalized spacial score (nSPS) is 20.9. The van der Waals surface area contributed by atoms with Crippen LogP contribution in [0.1, 0.15) is 24.1 Å². The van der Waals surface area contributed by atoms with Gasteiger partial charge in [0, 0.05) is 38.1 Å². The third kappa shape index (κ3) is 5.82. The quantitative estimate of drug-likeness (QED) is 0.390. The molecule has 6 nitrogen and oxygen atoms in total. The van der Waals surface area contributed by atoms with Crippen molar-refractivity contribution in [3.05, 3.63) is 22.4 Å². The Balaban J connectivity index is 0.00000243. The first kappa shape index (κ1) is 21.4. The molecule has 8 heteroatoms. The molecule has 2 aliphatic rings. The third-order valence-corrected chi connectivity index (χ3v) is 5.86. The smallest absolute Gasteiger partial charge is 0.243 e. The molecule has 26 heavy (non-hydrogen) atoms. The third-order valence-electron chi connectivity index (χ3n) is 4.98. The van der Waals surface area contributed by atoms with Crippen molar-refractivity contribution in [3.63, 3.8) is 0 Å². The predicted octanol–water partition coefficient (Wildman–Crippen LogP) is 2.07. The zero-order chi connectivity index (χ0) is 17.6. The molecule has 1 atom stereocenters. The first-order valence-electron chi connectivity index (χ1n) is 9.13. The molecular formula is C18H30IN5OS. The number of rotatable bonds is 5. The van der Waals surface area contributed by atoms with E-state index in [0.717, 1.165) is 25.6 Å². The number of halogens is 1. The van der Waals surface area contributed by atoms with Crippen LogP contribution in [-0.4, -0.2) is 79.4 Å². The van der Waals surface area contributed by atoms with E-state index in [4.69, 9.17) is 0 Å². The van der Waals surface area contributed by atoms with Crippen molar-refractivity contribution in [2.45, 2.75) is 31.8 Å². The number of thiophene rings is 1. The summed E-state index contributed by atoms with van der Waals surface area (Å²) in [7, 11) is 3.55. The van der Waals surface area contributed by atoms with Crippen LogP contribution >= 0.6 is 35.3 Å².